The zero-order valence-corrected chi connectivity index (χ0v) is 15.9. The normalized spacial score (nSPS) is 19.6. The highest BCUT2D eigenvalue weighted by atomic mass is 16.5. The molecule has 1 N–H and O–H groups in total. The smallest absolute Gasteiger partial charge is 0.225 e. The second-order valence-corrected chi connectivity index (χ2v) is 7.37. The number of nitrogens with zero attached hydrogens (tertiary/aromatic N) is 4. The van der Waals surface area contributed by atoms with Gasteiger partial charge < -0.3 is 15.0 Å². The van der Waals surface area contributed by atoms with Gasteiger partial charge in [0.1, 0.15) is 0 Å². The molecule has 142 valence electrons. The number of amides is 1. The highest BCUT2D eigenvalue weighted by Crippen LogP contribution is 2.32. The quantitative estimate of drug-likeness (QED) is 0.875. The molecule has 0 unspecified atom stereocenters. The number of hydrogen-bond donors (Lipinski definition) is 1. The van der Waals surface area contributed by atoms with E-state index >= 15 is 0 Å². The van der Waals surface area contributed by atoms with Gasteiger partial charge >= 0.3 is 0 Å². The third-order valence-corrected chi connectivity index (χ3v) is 5.42. The maximum absolute atomic E-state index is 11.9. The van der Waals surface area contributed by atoms with Gasteiger partial charge in [0.05, 0.1) is 24.3 Å². The Labute approximate surface area is 159 Å². The number of carbonyl (C=O) groups excluding carboxylic acids is 1. The fourth-order valence-corrected chi connectivity index (χ4v) is 3.91. The molecule has 0 aliphatic carbocycles. The van der Waals surface area contributed by atoms with E-state index in [1.165, 1.54) is 0 Å². The molecule has 2 aliphatic rings. The molecule has 2 aromatic rings. The molecule has 0 saturated carbocycles. The van der Waals surface area contributed by atoms with E-state index in [1.807, 2.05) is 26.0 Å². The van der Waals surface area contributed by atoms with Gasteiger partial charge in [0, 0.05) is 42.8 Å². The number of pyridine rings is 1. The van der Waals surface area contributed by atoms with E-state index in [2.05, 4.69) is 26.3 Å². The maximum Gasteiger partial charge on any atom is 0.225 e. The van der Waals surface area contributed by atoms with Crippen molar-refractivity contribution < 1.29 is 9.53 Å². The molecule has 0 aromatic carbocycles. The summed E-state index contributed by atoms with van der Waals surface area (Å²) in [7, 11) is 0. The number of aryl methyl sites for hydroxylation is 2. The highest BCUT2D eigenvalue weighted by Gasteiger charge is 2.39. The molecule has 1 spiro atoms. The molecule has 7 nitrogen and oxygen atoms in total. The Balaban J connectivity index is 1.51. The monoisotopic (exact) mass is 367 g/mol. The topological polar surface area (TPSA) is 80.2 Å². The van der Waals surface area contributed by atoms with E-state index in [4.69, 9.17) is 9.72 Å². The van der Waals surface area contributed by atoms with Gasteiger partial charge in [-0.25, -0.2) is 9.97 Å². The van der Waals surface area contributed by atoms with Crippen LogP contribution in [0.3, 0.4) is 0 Å². The Morgan fingerprint density at radius 1 is 1.15 bits per heavy atom. The van der Waals surface area contributed by atoms with Crippen molar-refractivity contribution in [2.45, 2.75) is 38.7 Å². The summed E-state index contributed by atoms with van der Waals surface area (Å²) >= 11 is 0. The average molecular weight is 367 g/mol. The van der Waals surface area contributed by atoms with Crippen molar-refractivity contribution in [3.8, 4) is 11.3 Å². The first-order chi connectivity index (χ1) is 13.0. The molecule has 0 radical (unpaired) electrons. The van der Waals surface area contributed by atoms with Gasteiger partial charge in [-0.1, -0.05) is 0 Å². The zero-order chi connectivity index (χ0) is 18.9. The van der Waals surface area contributed by atoms with Crippen LogP contribution in [0.4, 0.5) is 5.95 Å². The van der Waals surface area contributed by atoms with E-state index < -0.39 is 0 Å². The predicted octanol–water partition coefficient (Wildman–Crippen LogP) is 2.03. The number of aromatic nitrogens is 3. The van der Waals surface area contributed by atoms with E-state index in [1.54, 1.807) is 6.20 Å². The molecular weight excluding hydrogens is 342 g/mol. The summed E-state index contributed by atoms with van der Waals surface area (Å²) in [4.78, 5) is 27.9. The average Bonchev–Trinajstić information content (AvgIpc) is 2.83. The standard InChI is InChI=1S/C20H25N5O2/c1-14-3-4-16(15(2)23-14)17-5-8-22-19(24-17)25-10-6-20(7-11-25)13-18(26)21-9-12-27-20/h3-5,8H,6-7,9-13H2,1-2H3,(H,21,26). The van der Waals surface area contributed by atoms with Crippen molar-refractivity contribution in [1.29, 1.82) is 0 Å². The van der Waals surface area contributed by atoms with Crippen LogP contribution in [0.15, 0.2) is 24.4 Å². The third kappa shape index (κ3) is 3.78. The Morgan fingerprint density at radius 2 is 1.96 bits per heavy atom. The zero-order valence-electron chi connectivity index (χ0n) is 15.9. The van der Waals surface area contributed by atoms with Crippen LogP contribution in [0, 0.1) is 13.8 Å². The molecular formula is C20H25N5O2. The summed E-state index contributed by atoms with van der Waals surface area (Å²) < 4.78 is 6.05. The minimum Gasteiger partial charge on any atom is -0.372 e. The van der Waals surface area contributed by atoms with Crippen molar-refractivity contribution in [2.75, 3.05) is 31.1 Å². The van der Waals surface area contributed by atoms with Crippen LogP contribution in [0.1, 0.15) is 30.7 Å². The van der Waals surface area contributed by atoms with Crippen LogP contribution < -0.4 is 10.2 Å². The third-order valence-electron chi connectivity index (χ3n) is 5.42. The molecule has 0 bridgehead atoms. The molecule has 4 heterocycles. The fraction of sp³-hybridized carbons (Fsp3) is 0.500. The largest absolute Gasteiger partial charge is 0.372 e. The number of carbonyl (C=O) groups is 1. The maximum atomic E-state index is 11.9. The first kappa shape index (κ1) is 17.9. The highest BCUT2D eigenvalue weighted by molar-refractivity contribution is 5.77. The van der Waals surface area contributed by atoms with Crippen LogP contribution in [0.2, 0.25) is 0 Å². The molecule has 0 atom stereocenters. The van der Waals surface area contributed by atoms with Crippen molar-refractivity contribution in [2.24, 2.45) is 0 Å². The summed E-state index contributed by atoms with van der Waals surface area (Å²) in [5, 5.41) is 2.89. The Hall–Kier alpha value is -2.54. The van der Waals surface area contributed by atoms with Gasteiger partial charge in [0.25, 0.3) is 0 Å². The van der Waals surface area contributed by atoms with Gasteiger partial charge in [0.15, 0.2) is 0 Å². The van der Waals surface area contributed by atoms with Crippen LogP contribution >= 0.6 is 0 Å². The van der Waals surface area contributed by atoms with E-state index in [9.17, 15) is 4.79 Å². The second kappa shape index (κ2) is 7.23. The van der Waals surface area contributed by atoms with Crippen molar-refractivity contribution in [3.63, 3.8) is 0 Å². The lowest BCUT2D eigenvalue weighted by Gasteiger charge is -2.40. The van der Waals surface area contributed by atoms with E-state index in [0.717, 1.165) is 54.5 Å². The van der Waals surface area contributed by atoms with Crippen LogP contribution in [-0.2, 0) is 9.53 Å². The fourth-order valence-electron chi connectivity index (χ4n) is 3.91. The minimum atomic E-state index is -0.341. The minimum absolute atomic E-state index is 0.0848. The summed E-state index contributed by atoms with van der Waals surface area (Å²) in [5.74, 6) is 0.807. The SMILES string of the molecule is Cc1ccc(-c2ccnc(N3CCC4(CC3)CC(=O)NCCO4)n2)c(C)n1. The van der Waals surface area contributed by atoms with Gasteiger partial charge in [0.2, 0.25) is 11.9 Å². The summed E-state index contributed by atoms with van der Waals surface area (Å²) in [6.45, 7) is 6.73. The van der Waals surface area contributed by atoms with E-state index in [-0.39, 0.29) is 11.5 Å². The first-order valence-corrected chi connectivity index (χ1v) is 9.48. The van der Waals surface area contributed by atoms with Crippen LogP contribution in [-0.4, -0.2) is 52.7 Å². The van der Waals surface area contributed by atoms with Crippen molar-refractivity contribution >= 4 is 11.9 Å². The number of ether oxygens (including phenoxy) is 1. The Bertz CT molecular complexity index is 846. The van der Waals surface area contributed by atoms with Gasteiger partial charge in [-0.3, -0.25) is 9.78 Å². The lowest BCUT2D eigenvalue weighted by molar-refractivity contribution is -0.126. The van der Waals surface area contributed by atoms with Gasteiger partial charge in [-0.2, -0.15) is 0 Å². The Morgan fingerprint density at radius 3 is 2.74 bits per heavy atom. The van der Waals surface area contributed by atoms with E-state index in [0.29, 0.717) is 19.6 Å². The number of piperidine rings is 1. The summed E-state index contributed by atoms with van der Waals surface area (Å²) in [6.07, 6.45) is 3.85. The van der Waals surface area contributed by atoms with Crippen molar-refractivity contribution in [1.82, 2.24) is 20.3 Å². The Kier molecular flexibility index (Phi) is 4.78. The van der Waals surface area contributed by atoms with Gasteiger partial charge in [-0.05, 0) is 44.9 Å². The van der Waals surface area contributed by atoms with Crippen LogP contribution in [0.5, 0.6) is 0 Å². The number of rotatable bonds is 2. The molecule has 1 amide bonds. The number of anilines is 1. The molecule has 2 aromatic heterocycles. The van der Waals surface area contributed by atoms with Crippen LogP contribution in [0.25, 0.3) is 11.3 Å². The molecule has 2 fully saturated rings. The van der Waals surface area contributed by atoms with Gasteiger partial charge in [-0.15, -0.1) is 0 Å². The van der Waals surface area contributed by atoms with Crippen molar-refractivity contribution in [3.05, 3.63) is 35.8 Å². The molecule has 2 saturated heterocycles. The molecule has 4 rings (SSSR count). The summed E-state index contributed by atoms with van der Waals surface area (Å²) in [6, 6.07) is 5.99. The summed E-state index contributed by atoms with van der Waals surface area (Å²) in [5.41, 5.74) is 3.54. The molecule has 2 aliphatic heterocycles. The first-order valence-electron chi connectivity index (χ1n) is 9.48. The number of nitrogens with one attached hydrogen (secondary N) is 1. The molecule has 7 heteroatoms. The lowest BCUT2D eigenvalue weighted by atomic mass is 9.87. The second-order valence-electron chi connectivity index (χ2n) is 7.37. The lowest BCUT2D eigenvalue weighted by Crippen LogP contribution is -2.47. The predicted molar refractivity (Wildman–Crippen MR) is 102 cm³/mol. The number of hydrogen-bond acceptors (Lipinski definition) is 6. The molecule has 27 heavy (non-hydrogen) atoms.